The lowest BCUT2D eigenvalue weighted by Gasteiger charge is -2.17. The average Bonchev–Trinajstić information content (AvgIpc) is 1.57. The molecule has 5 aliphatic rings. The van der Waals surface area contributed by atoms with E-state index in [-0.39, 0.29) is 78.1 Å². The molecule has 9 rings (SSSR count). The van der Waals surface area contributed by atoms with Crippen LogP contribution in [0.1, 0.15) is 177 Å². The molecule has 1 aliphatic carbocycles. The molecule has 96 heavy (non-hydrogen) atoms. The highest BCUT2D eigenvalue weighted by atomic mass is 16.5. The number of H-pyrrole nitrogens is 1. The van der Waals surface area contributed by atoms with E-state index in [1.54, 1.807) is 12.2 Å². The molecule has 0 amide bonds. The van der Waals surface area contributed by atoms with Crippen LogP contribution in [0.3, 0.4) is 0 Å². The smallest absolute Gasteiger partial charge is 0.341 e. The van der Waals surface area contributed by atoms with Crippen LogP contribution in [0.2, 0.25) is 0 Å². The molecule has 508 valence electrons. The number of aliphatic hydroxyl groups excluding tert-OH is 1. The number of rotatable bonds is 33. The molecule has 0 saturated heterocycles. The van der Waals surface area contributed by atoms with Gasteiger partial charge in [-0.3, -0.25) is 9.59 Å². The normalized spacial score (nSPS) is 16.6. The van der Waals surface area contributed by atoms with E-state index in [0.717, 1.165) is 47.8 Å². The van der Waals surface area contributed by atoms with Crippen LogP contribution in [-0.2, 0) is 68.0 Å². The van der Waals surface area contributed by atoms with Gasteiger partial charge in [-0.15, -0.1) is 0 Å². The van der Waals surface area contributed by atoms with Gasteiger partial charge in [-0.1, -0.05) is 85.1 Å². The molecule has 19 heteroatoms. The number of carbonyl (C=O) groups is 4. The Kier molecular flexibility index (Phi) is 25.1. The minimum atomic E-state index is -1.40. The van der Waals surface area contributed by atoms with E-state index in [9.17, 15) is 14.7 Å². The quantitative estimate of drug-likeness (QED) is 0.0129. The summed E-state index contributed by atoms with van der Waals surface area (Å²) in [7, 11) is 0. The molecule has 0 saturated carbocycles. The molecule has 4 aromatic rings. The van der Waals surface area contributed by atoms with E-state index in [0.29, 0.717) is 119 Å². The highest BCUT2D eigenvalue weighted by molar-refractivity contribution is 6.28. The Morgan fingerprint density at radius 3 is 1.61 bits per heavy atom. The van der Waals surface area contributed by atoms with Crippen molar-refractivity contribution in [2.45, 2.75) is 179 Å². The number of ether oxygens (including phenoxy) is 4. The SMILES string of the molecule is CCC1=C(C)C2=NC1=CC1=C(C)C3=C(O)C(C(=O)OCc4cc[n+](CCN)cc4)C(=C4N=C(C=c5[nH]c(c(C(=O)OCc6cc[n+](CCN)cc6)c5C(=O)OCc5cc[n+](CCN)cc5)=C2)C(C)=C4CCC(=O)OC/C=C(\C)CCCC(C)CCCC(C)CCCC(C)C)C3=N1. The summed E-state index contributed by atoms with van der Waals surface area (Å²) >= 11 is 0. The summed E-state index contributed by atoms with van der Waals surface area (Å²) in [6, 6.07) is 11.0. The number of nitrogens with two attached hydrogens (primary N) is 3. The van der Waals surface area contributed by atoms with Crippen molar-refractivity contribution in [2.24, 2.45) is 55.8 Å². The maximum absolute atomic E-state index is 15.2. The summed E-state index contributed by atoms with van der Waals surface area (Å²) < 4.78 is 30.1. The minimum Gasteiger partial charge on any atom is -0.510 e. The van der Waals surface area contributed by atoms with Crippen molar-refractivity contribution in [3.05, 3.63) is 192 Å². The molecular weight excluding hydrogens is 1210 g/mol. The Balaban J connectivity index is 1.11. The number of aliphatic imine (C=N–C) groups is 3. The van der Waals surface area contributed by atoms with Gasteiger partial charge in [0.15, 0.2) is 56.8 Å². The van der Waals surface area contributed by atoms with Gasteiger partial charge in [0.25, 0.3) is 0 Å². The van der Waals surface area contributed by atoms with E-state index in [1.165, 1.54) is 38.5 Å². The number of fused-ring (bicyclic) bond motifs is 5. The van der Waals surface area contributed by atoms with Crippen LogP contribution in [0.5, 0.6) is 0 Å². The van der Waals surface area contributed by atoms with Crippen LogP contribution in [0.4, 0.5) is 0 Å². The van der Waals surface area contributed by atoms with E-state index >= 15 is 9.59 Å². The molecule has 19 nitrogen and oxygen atoms in total. The first-order valence-corrected chi connectivity index (χ1v) is 34.4. The molecule has 4 aliphatic heterocycles. The van der Waals surface area contributed by atoms with E-state index in [4.69, 9.17) is 51.1 Å². The molecule has 3 unspecified atom stereocenters. The number of aliphatic hydroxyl groups is 1. The number of pyridine rings is 3. The standard InChI is InChI=1S/C77H97N10O9/c1-10-58-52(7)60-43-64-68(75(90)94-45-55-22-32-85(33-23-55)38-29-78)69(76(91)95-46-56-24-34-86(35-25-56)39-30-79)65(82-64)44-61-53(8)59(20-21-66(88)93-41-28-51(6)19-13-18-50(5)17-12-16-49(4)15-11-14-48(2)3)72(83-61)70-71(77(92)96-47-57-26-36-87(37-27-57)40-31-80)74(89)67-54(9)62(84-73(67)70)42-63(58)81-60/h22-28,32-37,42-44,48-50,71H,10-21,29-31,38-41,45-47,78-80H2,1-9H3/q+1/p+2/b51-28+,60-43?,61-44?,62-42?,63-42?,64-43?,65-44?,72-70?. The van der Waals surface area contributed by atoms with Gasteiger partial charge in [0.2, 0.25) is 0 Å². The molecule has 8 bridgehead atoms. The zero-order chi connectivity index (χ0) is 68.6. The molecule has 4 aromatic heterocycles. The second-order valence-electron chi connectivity index (χ2n) is 26.6. The van der Waals surface area contributed by atoms with Crippen molar-refractivity contribution >= 4 is 53.2 Å². The lowest BCUT2D eigenvalue weighted by atomic mass is 9.91. The lowest BCUT2D eigenvalue weighted by Crippen LogP contribution is -2.36. The van der Waals surface area contributed by atoms with Gasteiger partial charge in [-0.05, 0) is 123 Å². The zero-order valence-electron chi connectivity index (χ0n) is 57.7. The minimum absolute atomic E-state index is 0.0748. The molecule has 0 fully saturated rings. The number of nitrogens with one attached hydrogen (secondary N) is 1. The van der Waals surface area contributed by atoms with Crippen LogP contribution >= 0.6 is 0 Å². The van der Waals surface area contributed by atoms with Gasteiger partial charge >= 0.3 is 23.9 Å². The van der Waals surface area contributed by atoms with Crippen LogP contribution in [-0.4, -0.2) is 77.3 Å². The zero-order valence-corrected chi connectivity index (χ0v) is 57.7. The van der Waals surface area contributed by atoms with Gasteiger partial charge in [-0.2, -0.15) is 0 Å². The summed E-state index contributed by atoms with van der Waals surface area (Å²) in [6.45, 7) is 22.0. The second kappa shape index (κ2) is 33.7. The lowest BCUT2D eigenvalue weighted by molar-refractivity contribution is -0.694. The van der Waals surface area contributed by atoms with E-state index in [2.05, 4.69) is 39.6 Å². The number of nitrogens with zero attached hydrogens (tertiary/aromatic N) is 6. The van der Waals surface area contributed by atoms with Crippen LogP contribution in [0.15, 0.2) is 168 Å². The Morgan fingerprint density at radius 2 is 1.10 bits per heavy atom. The summed E-state index contributed by atoms with van der Waals surface area (Å²) in [5.41, 5.74) is 27.2. The molecule has 0 aromatic carbocycles. The van der Waals surface area contributed by atoms with E-state index < -0.39 is 29.8 Å². The summed E-state index contributed by atoms with van der Waals surface area (Å²) in [5, 5.41) is 13.0. The van der Waals surface area contributed by atoms with Crippen molar-refractivity contribution in [3.8, 4) is 0 Å². The maximum atomic E-state index is 15.2. The first kappa shape index (κ1) is 71.5. The monoisotopic (exact) mass is 1310 g/mol. The van der Waals surface area contributed by atoms with Gasteiger partial charge < -0.3 is 46.2 Å². The van der Waals surface area contributed by atoms with Crippen molar-refractivity contribution in [1.82, 2.24) is 4.98 Å². The molecular formula is C77H99N10O9+3. The Bertz CT molecular complexity index is 4020. The Morgan fingerprint density at radius 1 is 0.615 bits per heavy atom. The van der Waals surface area contributed by atoms with Gasteiger partial charge in [0.05, 0.1) is 75.7 Å². The number of hydrogen-bond acceptors (Lipinski definition) is 15. The van der Waals surface area contributed by atoms with Gasteiger partial charge in [0.1, 0.15) is 38.1 Å². The molecule has 0 spiro atoms. The summed E-state index contributed by atoms with van der Waals surface area (Å²) in [5.74, 6) is -2.31. The highest BCUT2D eigenvalue weighted by Gasteiger charge is 2.48. The first-order valence-electron chi connectivity index (χ1n) is 34.4. The maximum Gasteiger partial charge on any atom is 0.341 e. The Labute approximate surface area is 565 Å². The number of esters is 4. The largest absolute Gasteiger partial charge is 0.510 e. The number of aromatic amines is 1. The number of allylic oxidation sites excluding steroid dienone is 8. The predicted octanol–water partition coefficient (Wildman–Crippen LogP) is 9.75. The van der Waals surface area contributed by atoms with Crippen LogP contribution < -0.4 is 41.6 Å². The van der Waals surface area contributed by atoms with Gasteiger partial charge in [0, 0.05) is 70.7 Å². The van der Waals surface area contributed by atoms with E-state index in [1.807, 2.05) is 127 Å². The van der Waals surface area contributed by atoms with Crippen LogP contribution in [0.25, 0.3) is 12.2 Å². The fourth-order valence-corrected chi connectivity index (χ4v) is 13.0. The summed E-state index contributed by atoms with van der Waals surface area (Å²) in [4.78, 5) is 78.4. The first-order chi connectivity index (χ1) is 46.3. The molecule has 8 heterocycles. The third-order valence-corrected chi connectivity index (χ3v) is 18.7. The highest BCUT2D eigenvalue weighted by Crippen LogP contribution is 2.48. The Hall–Kier alpha value is -8.78. The number of hydrogen-bond donors (Lipinski definition) is 5. The second-order valence-corrected chi connectivity index (χ2v) is 26.6. The van der Waals surface area contributed by atoms with Crippen molar-refractivity contribution < 1.29 is 56.9 Å². The average molecular weight is 1310 g/mol. The van der Waals surface area contributed by atoms with Crippen LogP contribution in [0, 0.1) is 23.7 Å². The third kappa shape index (κ3) is 17.8. The summed E-state index contributed by atoms with van der Waals surface area (Å²) in [6.07, 6.45) is 29.8. The third-order valence-electron chi connectivity index (χ3n) is 18.7. The number of carbonyl (C=O) groups excluding carboxylic acids is 4. The fraction of sp³-hybridized carbons (Fsp3) is 0.455. The molecule has 0 radical (unpaired) electrons. The molecule has 8 N–H and O–H groups in total. The van der Waals surface area contributed by atoms with Crippen molar-refractivity contribution in [2.75, 3.05) is 26.2 Å². The van der Waals surface area contributed by atoms with Crippen molar-refractivity contribution in [3.63, 3.8) is 0 Å². The molecule has 3 atom stereocenters. The topological polar surface area (TPSA) is 268 Å². The number of aromatic nitrogens is 4. The predicted molar refractivity (Wildman–Crippen MR) is 372 cm³/mol. The van der Waals surface area contributed by atoms with Crippen molar-refractivity contribution in [1.29, 1.82) is 0 Å². The fourth-order valence-electron chi connectivity index (χ4n) is 13.0. The van der Waals surface area contributed by atoms with Gasteiger partial charge in [-0.25, -0.2) is 38.3 Å².